The van der Waals surface area contributed by atoms with Crippen LogP contribution in [0.1, 0.15) is 58.6 Å². The van der Waals surface area contributed by atoms with Gasteiger partial charge in [-0.05, 0) is 28.9 Å². The Kier molecular flexibility index (Phi) is 6.02. The molecule has 0 bridgehead atoms. The van der Waals surface area contributed by atoms with Gasteiger partial charge in [-0.3, -0.25) is 11.3 Å². The van der Waals surface area contributed by atoms with Crippen LogP contribution in [-0.2, 0) is 11.8 Å². The van der Waals surface area contributed by atoms with Gasteiger partial charge in [-0.1, -0.05) is 71.7 Å². The van der Waals surface area contributed by atoms with E-state index >= 15 is 0 Å². The van der Waals surface area contributed by atoms with Gasteiger partial charge in [0.2, 0.25) is 0 Å². The largest absolute Gasteiger partial charge is 0.271 e. The summed E-state index contributed by atoms with van der Waals surface area (Å²) in [6, 6.07) is 9.35. The van der Waals surface area contributed by atoms with Gasteiger partial charge in [0.25, 0.3) is 0 Å². The number of benzene rings is 1. The molecule has 3 N–H and O–H groups in total. The summed E-state index contributed by atoms with van der Waals surface area (Å²) < 4.78 is 0. The van der Waals surface area contributed by atoms with Gasteiger partial charge in [0.05, 0.1) is 0 Å². The van der Waals surface area contributed by atoms with Crippen molar-refractivity contribution in [1.29, 1.82) is 0 Å². The standard InChI is InChI=1S/C17H30N2/c1-6-14(7-2)16(19-18)12-13-8-10-15(11-9-13)17(3,4)5/h8-11,14,16,19H,6-7,12,18H2,1-5H3. The quantitative estimate of drug-likeness (QED) is 0.604. The SMILES string of the molecule is CCC(CC)C(Cc1ccc(C(C)(C)C)cc1)NN. The Hall–Kier alpha value is -0.860. The summed E-state index contributed by atoms with van der Waals surface area (Å²) in [7, 11) is 0. The average Bonchev–Trinajstić information content (AvgIpc) is 2.38. The molecule has 19 heavy (non-hydrogen) atoms. The molecule has 1 aromatic rings. The van der Waals surface area contributed by atoms with E-state index in [1.807, 2.05) is 0 Å². The van der Waals surface area contributed by atoms with Crippen LogP contribution in [0.5, 0.6) is 0 Å². The zero-order chi connectivity index (χ0) is 14.5. The molecule has 0 saturated heterocycles. The molecule has 0 saturated carbocycles. The Morgan fingerprint density at radius 2 is 1.58 bits per heavy atom. The molecule has 0 radical (unpaired) electrons. The predicted molar refractivity (Wildman–Crippen MR) is 84.0 cm³/mol. The van der Waals surface area contributed by atoms with Crippen molar-refractivity contribution in [2.45, 2.75) is 65.3 Å². The van der Waals surface area contributed by atoms with E-state index in [0.717, 1.165) is 6.42 Å². The lowest BCUT2D eigenvalue weighted by molar-refractivity contribution is 0.335. The number of hydrogen-bond acceptors (Lipinski definition) is 2. The van der Waals surface area contributed by atoms with Crippen molar-refractivity contribution in [3.63, 3.8) is 0 Å². The molecule has 2 heteroatoms. The highest BCUT2D eigenvalue weighted by atomic mass is 15.2. The topological polar surface area (TPSA) is 38.0 Å². The third kappa shape index (κ3) is 4.63. The molecule has 1 unspecified atom stereocenters. The van der Waals surface area contributed by atoms with Crippen LogP contribution < -0.4 is 11.3 Å². The van der Waals surface area contributed by atoms with Gasteiger partial charge in [-0.25, -0.2) is 0 Å². The third-order valence-electron chi connectivity index (χ3n) is 4.11. The molecule has 1 rings (SSSR count). The van der Waals surface area contributed by atoms with Crippen LogP contribution in [0.15, 0.2) is 24.3 Å². The third-order valence-corrected chi connectivity index (χ3v) is 4.11. The molecule has 1 aromatic carbocycles. The smallest absolute Gasteiger partial charge is 0.0278 e. The van der Waals surface area contributed by atoms with Crippen LogP contribution in [0.25, 0.3) is 0 Å². The maximum atomic E-state index is 5.72. The molecule has 0 fully saturated rings. The van der Waals surface area contributed by atoms with Gasteiger partial charge in [0, 0.05) is 6.04 Å². The molecular formula is C17H30N2. The van der Waals surface area contributed by atoms with Crippen LogP contribution in [0, 0.1) is 5.92 Å². The van der Waals surface area contributed by atoms with Crippen LogP contribution in [-0.4, -0.2) is 6.04 Å². The molecule has 0 aliphatic heterocycles. The summed E-state index contributed by atoms with van der Waals surface area (Å²) in [6.07, 6.45) is 3.35. The van der Waals surface area contributed by atoms with E-state index in [1.54, 1.807) is 0 Å². The molecule has 2 nitrogen and oxygen atoms in total. The molecule has 0 aromatic heterocycles. The van der Waals surface area contributed by atoms with Crippen molar-refractivity contribution in [2.75, 3.05) is 0 Å². The zero-order valence-corrected chi connectivity index (χ0v) is 13.2. The fourth-order valence-electron chi connectivity index (χ4n) is 2.61. The monoisotopic (exact) mass is 262 g/mol. The zero-order valence-electron chi connectivity index (χ0n) is 13.2. The molecule has 0 amide bonds. The minimum absolute atomic E-state index is 0.222. The molecular weight excluding hydrogens is 232 g/mol. The van der Waals surface area contributed by atoms with E-state index in [-0.39, 0.29) is 5.41 Å². The van der Waals surface area contributed by atoms with Crippen molar-refractivity contribution in [2.24, 2.45) is 11.8 Å². The van der Waals surface area contributed by atoms with Gasteiger partial charge in [0.15, 0.2) is 0 Å². The van der Waals surface area contributed by atoms with Crippen molar-refractivity contribution in [1.82, 2.24) is 5.43 Å². The molecule has 0 heterocycles. The lowest BCUT2D eigenvalue weighted by atomic mass is 9.85. The Bertz CT molecular complexity index is 358. The van der Waals surface area contributed by atoms with Crippen LogP contribution in [0.4, 0.5) is 0 Å². The number of hydrogen-bond donors (Lipinski definition) is 2. The predicted octanol–water partition coefficient (Wildman–Crippen LogP) is 3.79. The summed E-state index contributed by atoms with van der Waals surface area (Å²) in [5.74, 6) is 6.37. The number of nitrogens with one attached hydrogen (secondary N) is 1. The first-order valence-corrected chi connectivity index (χ1v) is 7.47. The Morgan fingerprint density at radius 1 is 1.05 bits per heavy atom. The lowest BCUT2D eigenvalue weighted by Crippen LogP contribution is -2.42. The fourth-order valence-corrected chi connectivity index (χ4v) is 2.61. The second-order valence-electron chi connectivity index (χ2n) is 6.50. The van der Waals surface area contributed by atoms with E-state index in [9.17, 15) is 0 Å². The van der Waals surface area contributed by atoms with Gasteiger partial charge in [-0.15, -0.1) is 0 Å². The van der Waals surface area contributed by atoms with Gasteiger partial charge < -0.3 is 0 Å². The summed E-state index contributed by atoms with van der Waals surface area (Å²) in [4.78, 5) is 0. The van der Waals surface area contributed by atoms with E-state index in [1.165, 1.54) is 24.0 Å². The van der Waals surface area contributed by atoms with E-state index < -0.39 is 0 Å². The maximum Gasteiger partial charge on any atom is 0.0278 e. The minimum Gasteiger partial charge on any atom is -0.271 e. The Labute approximate surface area is 118 Å². The van der Waals surface area contributed by atoms with Gasteiger partial charge in [0.1, 0.15) is 0 Å². The van der Waals surface area contributed by atoms with Crippen molar-refractivity contribution >= 4 is 0 Å². The highest BCUT2D eigenvalue weighted by Crippen LogP contribution is 2.23. The molecule has 0 aliphatic carbocycles. The molecule has 0 spiro atoms. The number of rotatable bonds is 6. The summed E-state index contributed by atoms with van der Waals surface area (Å²) >= 11 is 0. The number of hydrazine groups is 1. The lowest BCUT2D eigenvalue weighted by Gasteiger charge is -2.25. The fraction of sp³-hybridized carbons (Fsp3) is 0.647. The van der Waals surface area contributed by atoms with E-state index in [2.05, 4.69) is 64.3 Å². The molecule has 0 aliphatic rings. The molecule has 108 valence electrons. The van der Waals surface area contributed by atoms with Gasteiger partial charge >= 0.3 is 0 Å². The maximum absolute atomic E-state index is 5.72. The van der Waals surface area contributed by atoms with Crippen LogP contribution in [0.2, 0.25) is 0 Å². The van der Waals surface area contributed by atoms with Gasteiger partial charge in [-0.2, -0.15) is 0 Å². The van der Waals surface area contributed by atoms with E-state index in [4.69, 9.17) is 5.84 Å². The van der Waals surface area contributed by atoms with Crippen LogP contribution in [0.3, 0.4) is 0 Å². The average molecular weight is 262 g/mol. The molecule has 1 atom stereocenters. The summed E-state index contributed by atoms with van der Waals surface area (Å²) in [5, 5.41) is 0. The summed E-state index contributed by atoms with van der Waals surface area (Å²) in [6.45, 7) is 11.2. The first-order valence-electron chi connectivity index (χ1n) is 7.47. The first kappa shape index (κ1) is 16.2. The second-order valence-corrected chi connectivity index (χ2v) is 6.50. The van der Waals surface area contributed by atoms with Crippen LogP contribution >= 0.6 is 0 Å². The van der Waals surface area contributed by atoms with Crippen molar-refractivity contribution in [3.05, 3.63) is 35.4 Å². The Morgan fingerprint density at radius 3 is 1.95 bits per heavy atom. The highest BCUT2D eigenvalue weighted by molar-refractivity contribution is 5.28. The van der Waals surface area contributed by atoms with Crippen molar-refractivity contribution < 1.29 is 0 Å². The minimum atomic E-state index is 0.222. The second kappa shape index (κ2) is 7.06. The highest BCUT2D eigenvalue weighted by Gasteiger charge is 2.18. The first-order chi connectivity index (χ1) is 8.92. The van der Waals surface area contributed by atoms with E-state index in [0.29, 0.717) is 12.0 Å². The Balaban J connectivity index is 2.76. The summed E-state index contributed by atoms with van der Waals surface area (Å²) in [5.41, 5.74) is 5.97. The number of nitrogens with two attached hydrogens (primary N) is 1. The van der Waals surface area contributed by atoms with Crippen molar-refractivity contribution in [3.8, 4) is 0 Å². The normalized spacial score (nSPS) is 13.8.